The average molecular weight is 209 g/mol. The SMILES string of the molecule is C(#Cc1ccccn1)COc1ccccc1. The highest BCUT2D eigenvalue weighted by molar-refractivity contribution is 5.27. The van der Waals surface area contributed by atoms with Gasteiger partial charge in [-0.05, 0) is 30.2 Å². The molecule has 0 N–H and O–H groups in total. The Labute approximate surface area is 94.9 Å². The van der Waals surface area contributed by atoms with Crippen molar-refractivity contribution in [1.29, 1.82) is 0 Å². The number of para-hydroxylation sites is 1. The highest BCUT2D eigenvalue weighted by Gasteiger charge is 1.87. The summed E-state index contributed by atoms with van der Waals surface area (Å²) in [6.45, 7) is 0.376. The van der Waals surface area contributed by atoms with Crippen LogP contribution in [-0.4, -0.2) is 11.6 Å². The Morgan fingerprint density at radius 2 is 1.81 bits per heavy atom. The zero-order valence-corrected chi connectivity index (χ0v) is 8.76. The van der Waals surface area contributed by atoms with Crippen LogP contribution < -0.4 is 4.74 Å². The maximum Gasteiger partial charge on any atom is 0.149 e. The van der Waals surface area contributed by atoms with Crippen molar-refractivity contribution >= 4 is 0 Å². The molecular weight excluding hydrogens is 198 g/mol. The maximum atomic E-state index is 5.43. The van der Waals surface area contributed by atoms with Gasteiger partial charge in [0.05, 0.1) is 0 Å². The molecule has 2 heteroatoms. The van der Waals surface area contributed by atoms with E-state index in [2.05, 4.69) is 16.8 Å². The van der Waals surface area contributed by atoms with E-state index >= 15 is 0 Å². The minimum absolute atomic E-state index is 0.376. The van der Waals surface area contributed by atoms with E-state index in [-0.39, 0.29) is 0 Å². The van der Waals surface area contributed by atoms with Crippen molar-refractivity contribution in [1.82, 2.24) is 4.98 Å². The minimum Gasteiger partial charge on any atom is -0.481 e. The molecule has 0 aliphatic rings. The molecule has 0 radical (unpaired) electrons. The molecule has 0 aliphatic carbocycles. The van der Waals surface area contributed by atoms with Crippen LogP contribution in [0.1, 0.15) is 5.69 Å². The molecule has 0 spiro atoms. The van der Waals surface area contributed by atoms with Crippen LogP contribution in [0, 0.1) is 11.8 Å². The molecule has 2 nitrogen and oxygen atoms in total. The topological polar surface area (TPSA) is 22.1 Å². The second-order valence-corrected chi connectivity index (χ2v) is 3.12. The van der Waals surface area contributed by atoms with Crippen molar-refractivity contribution in [2.75, 3.05) is 6.61 Å². The largest absolute Gasteiger partial charge is 0.481 e. The van der Waals surface area contributed by atoms with Gasteiger partial charge < -0.3 is 4.74 Å². The first-order valence-corrected chi connectivity index (χ1v) is 5.03. The Morgan fingerprint density at radius 1 is 1.00 bits per heavy atom. The van der Waals surface area contributed by atoms with Crippen molar-refractivity contribution in [3.8, 4) is 17.6 Å². The van der Waals surface area contributed by atoms with Crippen LogP contribution in [0.15, 0.2) is 54.7 Å². The molecule has 1 aromatic heterocycles. The second-order valence-electron chi connectivity index (χ2n) is 3.12. The summed E-state index contributed by atoms with van der Waals surface area (Å²) in [4.78, 5) is 4.09. The summed E-state index contributed by atoms with van der Waals surface area (Å²) in [5.74, 6) is 6.68. The van der Waals surface area contributed by atoms with Gasteiger partial charge in [0.2, 0.25) is 0 Å². The Balaban J connectivity index is 1.87. The van der Waals surface area contributed by atoms with E-state index in [9.17, 15) is 0 Å². The summed E-state index contributed by atoms with van der Waals surface area (Å²) in [5, 5.41) is 0. The Kier molecular flexibility index (Phi) is 3.57. The van der Waals surface area contributed by atoms with Gasteiger partial charge in [0, 0.05) is 6.20 Å². The van der Waals surface area contributed by atoms with E-state index in [0.29, 0.717) is 6.61 Å². The van der Waals surface area contributed by atoms with Crippen molar-refractivity contribution in [3.05, 3.63) is 60.4 Å². The van der Waals surface area contributed by atoms with Crippen LogP contribution >= 0.6 is 0 Å². The summed E-state index contributed by atoms with van der Waals surface area (Å²) in [5.41, 5.74) is 0.763. The molecule has 0 atom stereocenters. The van der Waals surface area contributed by atoms with E-state index < -0.39 is 0 Å². The molecule has 0 unspecified atom stereocenters. The molecule has 0 saturated heterocycles. The first-order chi connectivity index (χ1) is 7.95. The summed E-state index contributed by atoms with van der Waals surface area (Å²) in [7, 11) is 0. The van der Waals surface area contributed by atoms with Crippen molar-refractivity contribution in [2.24, 2.45) is 0 Å². The number of aromatic nitrogens is 1. The fourth-order valence-corrected chi connectivity index (χ4v) is 1.20. The number of nitrogens with zero attached hydrogens (tertiary/aromatic N) is 1. The highest BCUT2D eigenvalue weighted by Crippen LogP contribution is 2.07. The molecule has 1 heterocycles. The highest BCUT2D eigenvalue weighted by atomic mass is 16.5. The van der Waals surface area contributed by atoms with E-state index in [1.807, 2.05) is 48.5 Å². The van der Waals surface area contributed by atoms with Gasteiger partial charge in [0.25, 0.3) is 0 Å². The quantitative estimate of drug-likeness (QED) is 0.709. The Morgan fingerprint density at radius 3 is 2.56 bits per heavy atom. The molecule has 0 aliphatic heterocycles. The molecule has 0 fully saturated rings. The van der Waals surface area contributed by atoms with Crippen molar-refractivity contribution < 1.29 is 4.74 Å². The molecule has 78 valence electrons. The molecule has 0 saturated carbocycles. The molecule has 1 aromatic carbocycles. The standard InChI is InChI=1S/C14H11NO/c1-2-9-14(10-3-1)16-12-6-8-13-7-4-5-11-15-13/h1-5,7,9-11H,12H2. The third-order valence-corrected chi connectivity index (χ3v) is 1.94. The minimum atomic E-state index is 0.376. The third kappa shape index (κ3) is 3.14. The summed E-state index contributed by atoms with van der Waals surface area (Å²) in [6.07, 6.45) is 1.72. The third-order valence-electron chi connectivity index (χ3n) is 1.94. The number of rotatable bonds is 2. The molecule has 2 rings (SSSR count). The van der Waals surface area contributed by atoms with Crippen LogP contribution in [-0.2, 0) is 0 Å². The molecule has 0 amide bonds. The molecule has 2 aromatic rings. The van der Waals surface area contributed by atoms with Gasteiger partial charge in [-0.1, -0.05) is 30.2 Å². The first kappa shape index (κ1) is 10.3. The number of hydrogen-bond donors (Lipinski definition) is 0. The molecular formula is C14H11NO. The predicted molar refractivity (Wildman–Crippen MR) is 63.1 cm³/mol. The number of hydrogen-bond acceptors (Lipinski definition) is 2. The van der Waals surface area contributed by atoms with E-state index in [1.54, 1.807) is 6.20 Å². The van der Waals surface area contributed by atoms with E-state index in [4.69, 9.17) is 4.74 Å². The average Bonchev–Trinajstić information content (AvgIpc) is 2.37. The molecule has 16 heavy (non-hydrogen) atoms. The predicted octanol–water partition coefficient (Wildman–Crippen LogP) is 2.51. The van der Waals surface area contributed by atoms with Gasteiger partial charge in [-0.2, -0.15) is 0 Å². The Hall–Kier alpha value is -2.27. The summed E-state index contributed by atoms with van der Waals surface area (Å²) >= 11 is 0. The monoisotopic (exact) mass is 209 g/mol. The van der Waals surface area contributed by atoms with Crippen LogP contribution in [0.3, 0.4) is 0 Å². The van der Waals surface area contributed by atoms with Gasteiger partial charge in [-0.25, -0.2) is 4.98 Å². The normalized spacial score (nSPS) is 9.00. The second kappa shape index (κ2) is 5.57. The lowest BCUT2D eigenvalue weighted by atomic mass is 10.3. The van der Waals surface area contributed by atoms with Crippen LogP contribution in [0.2, 0.25) is 0 Å². The van der Waals surface area contributed by atoms with Gasteiger partial charge >= 0.3 is 0 Å². The lowest BCUT2D eigenvalue weighted by molar-refractivity contribution is 0.370. The van der Waals surface area contributed by atoms with Gasteiger partial charge in [-0.15, -0.1) is 0 Å². The number of benzene rings is 1. The van der Waals surface area contributed by atoms with Crippen LogP contribution in [0.5, 0.6) is 5.75 Å². The zero-order valence-electron chi connectivity index (χ0n) is 8.76. The lowest BCUT2D eigenvalue weighted by Crippen LogP contribution is -1.93. The van der Waals surface area contributed by atoms with Crippen molar-refractivity contribution in [3.63, 3.8) is 0 Å². The van der Waals surface area contributed by atoms with E-state index in [1.165, 1.54) is 0 Å². The fourth-order valence-electron chi connectivity index (χ4n) is 1.20. The van der Waals surface area contributed by atoms with Crippen LogP contribution in [0.25, 0.3) is 0 Å². The van der Waals surface area contributed by atoms with Crippen molar-refractivity contribution in [2.45, 2.75) is 0 Å². The zero-order chi connectivity index (χ0) is 11.1. The summed E-state index contributed by atoms with van der Waals surface area (Å²) < 4.78 is 5.43. The number of ether oxygens (including phenoxy) is 1. The maximum absolute atomic E-state index is 5.43. The van der Waals surface area contributed by atoms with Gasteiger partial charge in [-0.3, -0.25) is 0 Å². The summed E-state index contributed by atoms with van der Waals surface area (Å²) in [6, 6.07) is 15.3. The van der Waals surface area contributed by atoms with Crippen LogP contribution in [0.4, 0.5) is 0 Å². The fraction of sp³-hybridized carbons (Fsp3) is 0.0714. The smallest absolute Gasteiger partial charge is 0.149 e. The lowest BCUT2D eigenvalue weighted by Gasteiger charge is -1.99. The number of pyridine rings is 1. The van der Waals surface area contributed by atoms with E-state index in [0.717, 1.165) is 11.4 Å². The molecule has 0 bridgehead atoms. The van der Waals surface area contributed by atoms with Gasteiger partial charge in [0.15, 0.2) is 0 Å². The Bertz CT molecular complexity index is 482. The van der Waals surface area contributed by atoms with Gasteiger partial charge in [0.1, 0.15) is 18.1 Å². The first-order valence-electron chi connectivity index (χ1n) is 5.03.